The van der Waals surface area contributed by atoms with Gasteiger partial charge in [0.25, 0.3) is 0 Å². The fraction of sp³-hybridized carbons (Fsp3) is 0.632. The van der Waals surface area contributed by atoms with E-state index in [1.54, 1.807) is 0 Å². The second kappa shape index (κ2) is 8.20. The van der Waals surface area contributed by atoms with Gasteiger partial charge in [0.05, 0.1) is 5.60 Å². The molecule has 0 radical (unpaired) electrons. The monoisotopic (exact) mass is 335 g/mol. The first-order chi connectivity index (χ1) is 10.9. The van der Waals surface area contributed by atoms with Gasteiger partial charge in [-0.25, -0.2) is 0 Å². The molecule has 4 heteroatoms. The summed E-state index contributed by atoms with van der Waals surface area (Å²) in [5.74, 6) is 2.69. The summed E-state index contributed by atoms with van der Waals surface area (Å²) < 4.78 is 0. The van der Waals surface area contributed by atoms with E-state index in [1.165, 1.54) is 11.1 Å². The van der Waals surface area contributed by atoms with Gasteiger partial charge in [-0.15, -0.1) is 0 Å². The van der Waals surface area contributed by atoms with Gasteiger partial charge in [0.1, 0.15) is 0 Å². The summed E-state index contributed by atoms with van der Waals surface area (Å²) in [7, 11) is 0. The summed E-state index contributed by atoms with van der Waals surface area (Å²) in [6.45, 7) is 6.82. The number of hydrogen-bond donors (Lipinski definition) is 2. The standard InChI is InChI=1S/C19H29NO2S/c1-14(2)16-4-6-17(7-5-16)15(3)12-18(21)20-13-19(22)8-10-23-11-9-19/h4-7,14-15,22H,8-13H2,1-3H3,(H,20,21). The van der Waals surface area contributed by atoms with Gasteiger partial charge in [-0.2, -0.15) is 11.8 Å². The number of thioether (sulfide) groups is 1. The molecule has 1 aliphatic rings. The molecule has 0 aliphatic carbocycles. The lowest BCUT2D eigenvalue weighted by Gasteiger charge is -2.32. The van der Waals surface area contributed by atoms with Crippen molar-refractivity contribution in [1.82, 2.24) is 5.32 Å². The van der Waals surface area contributed by atoms with E-state index in [1.807, 2.05) is 11.8 Å². The summed E-state index contributed by atoms with van der Waals surface area (Å²) in [5.41, 5.74) is 1.81. The molecule has 0 aromatic heterocycles. The second-order valence-corrected chi connectivity index (χ2v) is 8.26. The summed E-state index contributed by atoms with van der Waals surface area (Å²) >= 11 is 1.87. The highest BCUT2D eigenvalue weighted by Gasteiger charge is 2.29. The predicted octanol–water partition coefficient (Wildman–Crippen LogP) is 3.68. The first-order valence-corrected chi connectivity index (χ1v) is 9.72. The van der Waals surface area contributed by atoms with Gasteiger partial charge in [-0.1, -0.05) is 45.0 Å². The predicted molar refractivity (Wildman–Crippen MR) is 98.1 cm³/mol. The fourth-order valence-electron chi connectivity index (χ4n) is 2.87. The maximum atomic E-state index is 12.2. The lowest BCUT2D eigenvalue weighted by atomic mass is 9.93. The Morgan fingerprint density at radius 3 is 2.30 bits per heavy atom. The number of amides is 1. The molecule has 1 aromatic carbocycles. The van der Waals surface area contributed by atoms with Crippen LogP contribution < -0.4 is 5.32 Å². The van der Waals surface area contributed by atoms with Gasteiger partial charge in [0, 0.05) is 13.0 Å². The Bertz CT molecular complexity index is 507. The van der Waals surface area contributed by atoms with Crippen molar-refractivity contribution in [2.45, 2.75) is 57.5 Å². The number of hydrogen-bond acceptors (Lipinski definition) is 3. The molecule has 1 aliphatic heterocycles. The zero-order valence-corrected chi connectivity index (χ0v) is 15.3. The molecule has 0 saturated carbocycles. The molecule has 0 spiro atoms. The molecule has 128 valence electrons. The third-order valence-electron chi connectivity index (χ3n) is 4.70. The van der Waals surface area contributed by atoms with Crippen molar-refractivity contribution in [3.05, 3.63) is 35.4 Å². The van der Waals surface area contributed by atoms with Gasteiger partial charge in [-0.05, 0) is 47.3 Å². The number of aliphatic hydroxyl groups is 1. The van der Waals surface area contributed by atoms with Crippen molar-refractivity contribution in [2.75, 3.05) is 18.1 Å². The van der Waals surface area contributed by atoms with Crippen LogP contribution in [0.2, 0.25) is 0 Å². The van der Waals surface area contributed by atoms with Crippen LogP contribution in [0, 0.1) is 0 Å². The van der Waals surface area contributed by atoms with E-state index in [-0.39, 0.29) is 11.8 Å². The van der Waals surface area contributed by atoms with E-state index < -0.39 is 5.60 Å². The number of nitrogens with one attached hydrogen (secondary N) is 1. The molecule has 23 heavy (non-hydrogen) atoms. The lowest BCUT2D eigenvalue weighted by Crippen LogP contribution is -2.45. The molecule has 1 unspecified atom stereocenters. The topological polar surface area (TPSA) is 49.3 Å². The number of benzene rings is 1. The zero-order valence-electron chi connectivity index (χ0n) is 14.5. The van der Waals surface area contributed by atoms with Gasteiger partial charge < -0.3 is 10.4 Å². The molecule has 1 aromatic rings. The van der Waals surface area contributed by atoms with E-state index >= 15 is 0 Å². The fourth-order valence-corrected chi connectivity index (χ4v) is 4.12. The molecule has 1 saturated heterocycles. The van der Waals surface area contributed by atoms with Crippen molar-refractivity contribution < 1.29 is 9.90 Å². The van der Waals surface area contributed by atoms with Crippen LogP contribution in [0.3, 0.4) is 0 Å². The molecule has 3 nitrogen and oxygen atoms in total. The van der Waals surface area contributed by atoms with Crippen LogP contribution in [0.1, 0.15) is 63.0 Å². The van der Waals surface area contributed by atoms with E-state index in [0.29, 0.717) is 18.9 Å². The highest BCUT2D eigenvalue weighted by Crippen LogP contribution is 2.26. The molecular formula is C19H29NO2S. The van der Waals surface area contributed by atoms with Crippen LogP contribution in [-0.2, 0) is 4.79 Å². The van der Waals surface area contributed by atoms with Gasteiger partial charge in [0.15, 0.2) is 0 Å². The van der Waals surface area contributed by atoms with Crippen molar-refractivity contribution in [2.24, 2.45) is 0 Å². The van der Waals surface area contributed by atoms with E-state index in [4.69, 9.17) is 0 Å². The number of carbonyl (C=O) groups is 1. The molecule has 2 rings (SSSR count). The minimum absolute atomic E-state index is 0.0251. The Labute approximate surface area is 144 Å². The van der Waals surface area contributed by atoms with Crippen molar-refractivity contribution in [1.29, 1.82) is 0 Å². The molecule has 0 bridgehead atoms. The summed E-state index contributed by atoms with van der Waals surface area (Å²) in [6, 6.07) is 8.55. The smallest absolute Gasteiger partial charge is 0.220 e. The lowest BCUT2D eigenvalue weighted by molar-refractivity contribution is -0.122. The van der Waals surface area contributed by atoms with Gasteiger partial charge in [0.2, 0.25) is 5.91 Å². The molecule has 1 amide bonds. The quantitative estimate of drug-likeness (QED) is 0.834. The Hall–Kier alpha value is -1.00. The number of rotatable bonds is 6. The van der Waals surface area contributed by atoms with Crippen molar-refractivity contribution in [3.63, 3.8) is 0 Å². The zero-order chi connectivity index (χ0) is 16.9. The summed E-state index contributed by atoms with van der Waals surface area (Å²) in [4.78, 5) is 12.2. The van der Waals surface area contributed by atoms with Crippen LogP contribution in [0.5, 0.6) is 0 Å². The van der Waals surface area contributed by atoms with E-state index in [0.717, 1.165) is 24.3 Å². The Kier molecular flexibility index (Phi) is 6.54. The average Bonchev–Trinajstić information content (AvgIpc) is 2.54. The molecule has 2 N–H and O–H groups in total. The maximum Gasteiger partial charge on any atom is 0.220 e. The Morgan fingerprint density at radius 2 is 1.74 bits per heavy atom. The number of carbonyl (C=O) groups excluding carboxylic acids is 1. The van der Waals surface area contributed by atoms with Crippen molar-refractivity contribution in [3.8, 4) is 0 Å². The SMILES string of the molecule is CC(C)c1ccc(C(C)CC(=O)NCC2(O)CCSCC2)cc1. The Balaban J connectivity index is 1.82. The Morgan fingerprint density at radius 1 is 1.17 bits per heavy atom. The third-order valence-corrected chi connectivity index (χ3v) is 5.69. The molecule has 1 fully saturated rings. The molecular weight excluding hydrogens is 306 g/mol. The maximum absolute atomic E-state index is 12.2. The van der Waals surface area contributed by atoms with E-state index in [9.17, 15) is 9.90 Å². The van der Waals surface area contributed by atoms with Crippen LogP contribution in [0.4, 0.5) is 0 Å². The molecule has 1 heterocycles. The van der Waals surface area contributed by atoms with Crippen LogP contribution in [0.15, 0.2) is 24.3 Å². The first kappa shape index (κ1) is 18.3. The average molecular weight is 336 g/mol. The molecule has 1 atom stereocenters. The van der Waals surface area contributed by atoms with E-state index in [2.05, 4.69) is 50.4 Å². The third kappa shape index (κ3) is 5.54. The second-order valence-electron chi connectivity index (χ2n) is 7.04. The highest BCUT2D eigenvalue weighted by atomic mass is 32.2. The summed E-state index contributed by atoms with van der Waals surface area (Å²) in [6.07, 6.45) is 2.00. The van der Waals surface area contributed by atoms with Crippen LogP contribution >= 0.6 is 11.8 Å². The minimum Gasteiger partial charge on any atom is -0.388 e. The summed E-state index contributed by atoms with van der Waals surface area (Å²) in [5, 5.41) is 13.4. The first-order valence-electron chi connectivity index (χ1n) is 8.56. The largest absolute Gasteiger partial charge is 0.388 e. The van der Waals surface area contributed by atoms with Crippen molar-refractivity contribution >= 4 is 17.7 Å². The normalized spacial score (nSPS) is 18.7. The van der Waals surface area contributed by atoms with Gasteiger partial charge >= 0.3 is 0 Å². The van der Waals surface area contributed by atoms with Crippen LogP contribution in [0.25, 0.3) is 0 Å². The van der Waals surface area contributed by atoms with Gasteiger partial charge in [-0.3, -0.25) is 4.79 Å². The minimum atomic E-state index is -0.705. The van der Waals surface area contributed by atoms with Crippen LogP contribution in [-0.4, -0.2) is 34.7 Å². The highest BCUT2D eigenvalue weighted by molar-refractivity contribution is 7.99.